The van der Waals surface area contributed by atoms with E-state index in [9.17, 15) is 0 Å². The molecular formula is C12H23N5S2. The van der Waals surface area contributed by atoms with E-state index in [-0.39, 0.29) is 0 Å². The van der Waals surface area contributed by atoms with Crippen molar-refractivity contribution < 1.29 is 0 Å². The fourth-order valence-corrected chi connectivity index (χ4v) is 2.42. The lowest BCUT2D eigenvalue weighted by molar-refractivity contribution is 0.301. The number of likely N-dealkylation sites (N-methyl/N-ethyl adjacent to an activating group) is 1. The molecule has 0 saturated carbocycles. The Kier molecular flexibility index (Phi) is 8.36. The van der Waals surface area contributed by atoms with Gasteiger partial charge in [-0.15, -0.1) is 0 Å². The molecule has 1 N–H and O–H groups in total. The first-order valence-corrected chi connectivity index (χ1v) is 8.94. The molecule has 1 heterocycles. The summed E-state index contributed by atoms with van der Waals surface area (Å²) in [5.74, 6) is 0.822. The van der Waals surface area contributed by atoms with Crippen LogP contribution in [-0.2, 0) is 6.54 Å². The topological polar surface area (TPSA) is 53.9 Å². The lowest BCUT2D eigenvalue weighted by Gasteiger charge is -2.17. The van der Waals surface area contributed by atoms with Gasteiger partial charge in [-0.25, -0.2) is 9.97 Å². The molecule has 0 radical (unpaired) electrons. The van der Waals surface area contributed by atoms with Gasteiger partial charge in [0.1, 0.15) is 5.82 Å². The molecule has 0 fully saturated rings. The average molecular weight is 301 g/mol. The Balaban J connectivity index is 2.44. The zero-order valence-corrected chi connectivity index (χ0v) is 13.8. The fourth-order valence-electron chi connectivity index (χ4n) is 1.62. The molecule has 0 atom stereocenters. The zero-order chi connectivity index (χ0) is 14.1. The summed E-state index contributed by atoms with van der Waals surface area (Å²) in [6.07, 6.45) is 3.97. The Morgan fingerprint density at radius 3 is 2.05 bits per heavy atom. The minimum absolute atomic E-state index is 0.699. The van der Waals surface area contributed by atoms with E-state index in [4.69, 9.17) is 0 Å². The number of aromatic nitrogens is 3. The van der Waals surface area contributed by atoms with E-state index in [1.807, 2.05) is 12.5 Å². The highest BCUT2D eigenvalue weighted by molar-refractivity contribution is 7.99. The van der Waals surface area contributed by atoms with Gasteiger partial charge in [0.25, 0.3) is 0 Å². The summed E-state index contributed by atoms with van der Waals surface area (Å²) < 4.78 is 0. The second-order valence-corrected chi connectivity index (χ2v) is 5.48. The van der Waals surface area contributed by atoms with E-state index in [2.05, 4.69) is 39.0 Å². The Bertz CT molecular complexity index is 349. The van der Waals surface area contributed by atoms with Gasteiger partial charge in [0.05, 0.1) is 6.54 Å². The van der Waals surface area contributed by atoms with Crippen LogP contribution in [0.4, 0.5) is 0 Å². The van der Waals surface area contributed by atoms with Crippen molar-refractivity contribution in [1.29, 1.82) is 0 Å². The maximum absolute atomic E-state index is 4.41. The monoisotopic (exact) mass is 301 g/mol. The normalized spacial score (nSPS) is 11.2. The summed E-state index contributed by atoms with van der Waals surface area (Å²) >= 11 is 3.10. The van der Waals surface area contributed by atoms with E-state index >= 15 is 0 Å². The first-order chi connectivity index (χ1) is 9.23. The first kappa shape index (κ1) is 16.7. The standard InChI is InChI=1S/C12H23N5S2/c1-5-17(6-2)8-7-13-9-10-14-11(18-3)16-12(15-10)19-4/h13H,5-9H2,1-4H3. The van der Waals surface area contributed by atoms with Crippen LogP contribution in [0.2, 0.25) is 0 Å². The Morgan fingerprint density at radius 2 is 1.58 bits per heavy atom. The molecule has 19 heavy (non-hydrogen) atoms. The van der Waals surface area contributed by atoms with Crippen LogP contribution < -0.4 is 5.32 Å². The number of thioether (sulfide) groups is 2. The number of rotatable bonds is 9. The highest BCUT2D eigenvalue weighted by Crippen LogP contribution is 2.14. The van der Waals surface area contributed by atoms with E-state index in [0.29, 0.717) is 6.54 Å². The average Bonchev–Trinajstić information content (AvgIpc) is 2.47. The SMILES string of the molecule is CCN(CC)CCNCc1nc(SC)nc(SC)n1. The maximum atomic E-state index is 4.41. The Labute approximate surface area is 124 Å². The van der Waals surface area contributed by atoms with Crippen molar-refractivity contribution in [2.45, 2.75) is 30.7 Å². The van der Waals surface area contributed by atoms with E-state index in [0.717, 1.165) is 42.3 Å². The lowest BCUT2D eigenvalue weighted by Crippen LogP contribution is -2.32. The van der Waals surface area contributed by atoms with Crippen molar-refractivity contribution in [3.05, 3.63) is 5.82 Å². The third kappa shape index (κ3) is 6.07. The van der Waals surface area contributed by atoms with Gasteiger partial charge in [-0.1, -0.05) is 37.4 Å². The van der Waals surface area contributed by atoms with Gasteiger partial charge in [0, 0.05) is 13.1 Å². The Morgan fingerprint density at radius 1 is 1.00 bits per heavy atom. The minimum Gasteiger partial charge on any atom is -0.309 e. The van der Waals surface area contributed by atoms with Crippen molar-refractivity contribution in [2.24, 2.45) is 0 Å². The number of hydrogen-bond acceptors (Lipinski definition) is 7. The lowest BCUT2D eigenvalue weighted by atomic mass is 10.4. The number of nitrogens with zero attached hydrogens (tertiary/aromatic N) is 4. The number of nitrogens with one attached hydrogen (secondary N) is 1. The molecule has 108 valence electrons. The van der Waals surface area contributed by atoms with Gasteiger partial charge in [-0.3, -0.25) is 0 Å². The maximum Gasteiger partial charge on any atom is 0.191 e. The molecule has 0 saturated heterocycles. The van der Waals surface area contributed by atoms with Crippen LogP contribution in [0.5, 0.6) is 0 Å². The second-order valence-electron chi connectivity index (χ2n) is 3.93. The van der Waals surface area contributed by atoms with Gasteiger partial charge < -0.3 is 10.2 Å². The molecule has 0 bridgehead atoms. The molecular weight excluding hydrogens is 278 g/mol. The highest BCUT2D eigenvalue weighted by atomic mass is 32.2. The number of hydrogen-bond donors (Lipinski definition) is 1. The summed E-state index contributed by atoms with van der Waals surface area (Å²) in [7, 11) is 0. The van der Waals surface area contributed by atoms with Crippen molar-refractivity contribution in [1.82, 2.24) is 25.2 Å². The van der Waals surface area contributed by atoms with Gasteiger partial charge in [-0.05, 0) is 25.6 Å². The van der Waals surface area contributed by atoms with Crippen LogP contribution in [0.3, 0.4) is 0 Å². The van der Waals surface area contributed by atoms with Crippen LogP contribution in [0.1, 0.15) is 19.7 Å². The summed E-state index contributed by atoms with van der Waals surface area (Å²) in [5.41, 5.74) is 0. The Hall–Kier alpha value is -0.370. The van der Waals surface area contributed by atoms with Crippen molar-refractivity contribution in [3.8, 4) is 0 Å². The van der Waals surface area contributed by atoms with E-state index < -0.39 is 0 Å². The molecule has 7 heteroatoms. The summed E-state index contributed by atoms with van der Waals surface area (Å²) in [5, 5.41) is 4.97. The molecule has 5 nitrogen and oxygen atoms in total. The van der Waals surface area contributed by atoms with Crippen molar-refractivity contribution >= 4 is 23.5 Å². The molecule has 0 aliphatic rings. The molecule has 1 aromatic rings. The second kappa shape index (κ2) is 9.52. The largest absolute Gasteiger partial charge is 0.309 e. The molecule has 0 aliphatic carbocycles. The summed E-state index contributed by atoms with van der Waals surface area (Å²) in [4.78, 5) is 15.5. The predicted molar refractivity (Wildman–Crippen MR) is 82.9 cm³/mol. The first-order valence-electron chi connectivity index (χ1n) is 6.49. The van der Waals surface area contributed by atoms with Crippen LogP contribution >= 0.6 is 23.5 Å². The van der Waals surface area contributed by atoms with Crippen LogP contribution in [0.15, 0.2) is 10.3 Å². The summed E-state index contributed by atoms with van der Waals surface area (Å²) in [6.45, 7) is 9.27. The van der Waals surface area contributed by atoms with Gasteiger partial charge >= 0.3 is 0 Å². The van der Waals surface area contributed by atoms with Gasteiger partial charge in [-0.2, -0.15) is 4.98 Å². The van der Waals surface area contributed by atoms with Gasteiger partial charge in [0.15, 0.2) is 10.3 Å². The molecule has 1 rings (SSSR count). The fraction of sp³-hybridized carbons (Fsp3) is 0.750. The molecule has 0 spiro atoms. The van der Waals surface area contributed by atoms with Crippen molar-refractivity contribution in [3.63, 3.8) is 0 Å². The zero-order valence-electron chi connectivity index (χ0n) is 12.1. The van der Waals surface area contributed by atoms with Crippen LogP contribution in [0, 0.1) is 0 Å². The predicted octanol–water partition coefficient (Wildman–Crippen LogP) is 1.75. The van der Waals surface area contributed by atoms with E-state index in [1.54, 1.807) is 23.5 Å². The third-order valence-electron chi connectivity index (χ3n) is 2.79. The van der Waals surface area contributed by atoms with Crippen LogP contribution in [-0.4, -0.2) is 58.5 Å². The van der Waals surface area contributed by atoms with Crippen molar-refractivity contribution in [2.75, 3.05) is 38.7 Å². The van der Waals surface area contributed by atoms with E-state index in [1.165, 1.54) is 0 Å². The molecule has 0 aliphatic heterocycles. The molecule has 1 aromatic heterocycles. The minimum atomic E-state index is 0.699. The van der Waals surface area contributed by atoms with Gasteiger partial charge in [0.2, 0.25) is 0 Å². The third-order valence-corrected chi connectivity index (χ3v) is 3.88. The molecule has 0 aromatic carbocycles. The quantitative estimate of drug-likeness (QED) is 0.551. The molecule has 0 amide bonds. The summed E-state index contributed by atoms with van der Waals surface area (Å²) in [6, 6.07) is 0. The molecule has 0 unspecified atom stereocenters. The smallest absolute Gasteiger partial charge is 0.191 e. The highest BCUT2D eigenvalue weighted by Gasteiger charge is 2.05. The van der Waals surface area contributed by atoms with Crippen LogP contribution in [0.25, 0.3) is 0 Å².